The number of anilines is 2. The number of benzene rings is 2. The Labute approximate surface area is 224 Å². The fourth-order valence-electron chi connectivity index (χ4n) is 4.94. The molecule has 0 bridgehead atoms. The number of amidine groups is 1. The van der Waals surface area contributed by atoms with E-state index in [0.29, 0.717) is 22.9 Å². The van der Waals surface area contributed by atoms with E-state index in [9.17, 15) is 4.79 Å². The van der Waals surface area contributed by atoms with Crippen LogP contribution in [0.1, 0.15) is 56.9 Å². The topological polar surface area (TPSA) is 82.8 Å². The van der Waals surface area contributed by atoms with Gasteiger partial charge in [-0.15, -0.1) is 0 Å². The van der Waals surface area contributed by atoms with E-state index >= 15 is 0 Å². The van der Waals surface area contributed by atoms with Gasteiger partial charge >= 0.3 is 0 Å². The molecule has 1 saturated heterocycles. The number of hydrogen-bond donors (Lipinski definition) is 3. The number of halogens is 2. The van der Waals surface area contributed by atoms with Gasteiger partial charge in [-0.1, -0.05) is 48.5 Å². The molecule has 6 nitrogen and oxygen atoms in total. The molecule has 0 spiro atoms. The van der Waals surface area contributed by atoms with Gasteiger partial charge in [0.2, 0.25) is 5.91 Å². The molecule has 2 atom stereocenters. The summed E-state index contributed by atoms with van der Waals surface area (Å²) in [6.07, 6.45) is 9.19. The van der Waals surface area contributed by atoms with Crippen LogP contribution in [0.15, 0.2) is 47.5 Å². The second kappa shape index (κ2) is 13.4. The molecule has 4 N–H and O–H groups in total. The Morgan fingerprint density at radius 2 is 1.64 bits per heavy atom. The van der Waals surface area contributed by atoms with E-state index in [1.165, 1.54) is 32.1 Å². The summed E-state index contributed by atoms with van der Waals surface area (Å²) in [6, 6.07) is 13.5. The first-order valence-electron chi connectivity index (χ1n) is 13.1. The Balaban J connectivity index is 1.35. The number of likely N-dealkylation sites (tertiary alicyclic amines) is 1. The highest BCUT2D eigenvalue weighted by molar-refractivity contribution is 6.35. The van der Waals surface area contributed by atoms with Gasteiger partial charge in [-0.3, -0.25) is 14.7 Å². The SMILES string of the molecule is N[C@@H]1CCCC[C@@H]1N=C(CN1CCCCC1)Nc1ccc(NC(=O)CCc2ccc(Cl)cc2Cl)cc1. The van der Waals surface area contributed by atoms with E-state index in [2.05, 4.69) is 15.5 Å². The van der Waals surface area contributed by atoms with Crippen molar-refractivity contribution in [1.82, 2.24) is 4.90 Å². The maximum absolute atomic E-state index is 12.5. The molecule has 4 rings (SSSR count). The monoisotopic (exact) mass is 529 g/mol. The molecule has 2 aliphatic rings. The number of rotatable bonds is 8. The zero-order valence-electron chi connectivity index (χ0n) is 20.8. The van der Waals surface area contributed by atoms with Gasteiger partial charge in [0.05, 0.1) is 12.6 Å². The standard InChI is InChI=1S/C28H37Cl2N5O/c29-21-10-8-20(24(30)18-21)9-15-28(36)33-23-13-11-22(12-14-23)32-27(19-35-16-4-1-5-17-35)34-26-7-3-2-6-25(26)31/h8,10-14,18,25-26H,1-7,9,15-17,19,31H2,(H,32,34)(H,33,36)/t25-,26+/m1/s1. The van der Waals surface area contributed by atoms with Gasteiger partial charge in [0, 0.05) is 33.9 Å². The molecule has 8 heteroatoms. The molecule has 1 amide bonds. The molecule has 0 unspecified atom stereocenters. The van der Waals surface area contributed by atoms with Crippen LogP contribution in [-0.2, 0) is 11.2 Å². The second-order valence-corrected chi connectivity index (χ2v) is 10.8. The van der Waals surface area contributed by atoms with Gasteiger partial charge in [0.25, 0.3) is 0 Å². The number of nitrogens with one attached hydrogen (secondary N) is 2. The highest BCUT2D eigenvalue weighted by Crippen LogP contribution is 2.23. The second-order valence-electron chi connectivity index (χ2n) is 9.91. The average molecular weight is 531 g/mol. The molecule has 194 valence electrons. The zero-order chi connectivity index (χ0) is 25.3. The summed E-state index contributed by atoms with van der Waals surface area (Å²) >= 11 is 12.2. The first-order valence-corrected chi connectivity index (χ1v) is 13.9. The van der Waals surface area contributed by atoms with E-state index in [-0.39, 0.29) is 18.0 Å². The first kappa shape index (κ1) is 26.9. The predicted octanol–water partition coefficient (Wildman–Crippen LogP) is 6.13. The van der Waals surface area contributed by atoms with Crippen molar-refractivity contribution in [1.29, 1.82) is 0 Å². The lowest BCUT2D eigenvalue weighted by molar-refractivity contribution is -0.116. The molecular formula is C28H37Cl2N5O. The third-order valence-electron chi connectivity index (χ3n) is 7.02. The largest absolute Gasteiger partial charge is 0.343 e. The lowest BCUT2D eigenvalue weighted by Gasteiger charge is -2.30. The van der Waals surface area contributed by atoms with Gasteiger partial charge in [-0.25, -0.2) is 0 Å². The van der Waals surface area contributed by atoms with Crippen LogP contribution in [-0.4, -0.2) is 48.4 Å². The summed E-state index contributed by atoms with van der Waals surface area (Å²) in [7, 11) is 0. The molecule has 1 saturated carbocycles. The lowest BCUT2D eigenvalue weighted by atomic mass is 9.91. The minimum Gasteiger partial charge on any atom is -0.343 e. The van der Waals surface area contributed by atoms with Crippen molar-refractivity contribution in [2.75, 3.05) is 30.3 Å². The predicted molar refractivity (Wildman–Crippen MR) is 151 cm³/mol. The summed E-state index contributed by atoms with van der Waals surface area (Å²) in [5.41, 5.74) is 9.03. The normalized spacial score (nSPS) is 21.2. The molecule has 1 aliphatic heterocycles. The highest BCUT2D eigenvalue weighted by atomic mass is 35.5. The van der Waals surface area contributed by atoms with Crippen LogP contribution in [0.3, 0.4) is 0 Å². The van der Waals surface area contributed by atoms with Crippen molar-refractivity contribution >= 4 is 46.3 Å². The number of amides is 1. The molecule has 2 aromatic rings. The van der Waals surface area contributed by atoms with Crippen molar-refractivity contribution in [2.45, 2.75) is 69.9 Å². The van der Waals surface area contributed by atoms with E-state index in [1.807, 2.05) is 30.3 Å². The van der Waals surface area contributed by atoms with Crippen molar-refractivity contribution in [3.8, 4) is 0 Å². The molecular weight excluding hydrogens is 493 g/mol. The zero-order valence-corrected chi connectivity index (χ0v) is 22.3. The number of carbonyl (C=O) groups excluding carboxylic acids is 1. The van der Waals surface area contributed by atoms with E-state index < -0.39 is 0 Å². The molecule has 0 aromatic heterocycles. The van der Waals surface area contributed by atoms with Crippen LogP contribution in [0.5, 0.6) is 0 Å². The Morgan fingerprint density at radius 1 is 0.944 bits per heavy atom. The van der Waals surface area contributed by atoms with Crippen molar-refractivity contribution in [3.63, 3.8) is 0 Å². The van der Waals surface area contributed by atoms with E-state index in [0.717, 1.165) is 55.2 Å². The summed E-state index contributed by atoms with van der Waals surface area (Å²) in [5.74, 6) is 0.927. The minimum atomic E-state index is -0.0552. The average Bonchev–Trinajstić information content (AvgIpc) is 2.87. The summed E-state index contributed by atoms with van der Waals surface area (Å²) < 4.78 is 0. The van der Waals surface area contributed by atoms with Crippen LogP contribution in [0.4, 0.5) is 11.4 Å². The third-order valence-corrected chi connectivity index (χ3v) is 7.61. The maximum atomic E-state index is 12.5. The Bertz CT molecular complexity index is 1040. The Morgan fingerprint density at radius 3 is 2.33 bits per heavy atom. The summed E-state index contributed by atoms with van der Waals surface area (Å²) in [6.45, 7) is 3.04. The van der Waals surface area contributed by atoms with Crippen LogP contribution >= 0.6 is 23.2 Å². The van der Waals surface area contributed by atoms with Crippen LogP contribution in [0, 0.1) is 0 Å². The summed E-state index contributed by atoms with van der Waals surface area (Å²) in [5, 5.41) is 7.69. The van der Waals surface area contributed by atoms with Crippen molar-refractivity contribution in [2.24, 2.45) is 10.7 Å². The number of nitrogens with zero attached hydrogens (tertiary/aromatic N) is 2. The van der Waals surface area contributed by atoms with Crippen molar-refractivity contribution < 1.29 is 4.79 Å². The number of carbonyl (C=O) groups is 1. The van der Waals surface area contributed by atoms with Crippen LogP contribution in [0.2, 0.25) is 10.0 Å². The smallest absolute Gasteiger partial charge is 0.224 e. The first-order chi connectivity index (χ1) is 17.5. The van der Waals surface area contributed by atoms with Gasteiger partial charge in [0.1, 0.15) is 5.84 Å². The quantitative estimate of drug-likeness (QED) is 0.283. The van der Waals surface area contributed by atoms with Gasteiger partial charge in [0.15, 0.2) is 0 Å². The number of aryl methyl sites for hydroxylation is 1. The maximum Gasteiger partial charge on any atom is 0.224 e. The minimum absolute atomic E-state index is 0.0552. The van der Waals surface area contributed by atoms with Gasteiger partial charge in [-0.2, -0.15) is 0 Å². The summed E-state index contributed by atoms with van der Waals surface area (Å²) in [4.78, 5) is 20.0. The van der Waals surface area contributed by atoms with Crippen molar-refractivity contribution in [3.05, 3.63) is 58.1 Å². The molecule has 2 aromatic carbocycles. The Hall–Kier alpha value is -2.12. The van der Waals surface area contributed by atoms with Crippen LogP contribution in [0.25, 0.3) is 0 Å². The van der Waals surface area contributed by atoms with Gasteiger partial charge in [-0.05, 0) is 87.2 Å². The molecule has 2 fully saturated rings. The Kier molecular flexibility index (Phi) is 10.0. The number of aliphatic imine (C=N–C) groups is 1. The molecule has 1 aliphatic carbocycles. The third kappa shape index (κ3) is 8.20. The number of hydrogen-bond acceptors (Lipinski definition) is 4. The fourth-order valence-corrected chi connectivity index (χ4v) is 5.44. The molecule has 0 radical (unpaired) electrons. The fraction of sp³-hybridized carbons (Fsp3) is 0.500. The van der Waals surface area contributed by atoms with E-state index in [4.69, 9.17) is 33.9 Å². The van der Waals surface area contributed by atoms with Gasteiger partial charge < -0.3 is 16.4 Å². The molecule has 1 heterocycles. The number of piperidine rings is 1. The number of nitrogens with two attached hydrogens (primary N) is 1. The lowest BCUT2D eigenvalue weighted by Crippen LogP contribution is -2.41. The van der Waals surface area contributed by atoms with E-state index in [1.54, 1.807) is 12.1 Å². The van der Waals surface area contributed by atoms with Crippen LogP contribution < -0.4 is 16.4 Å². The highest BCUT2D eigenvalue weighted by Gasteiger charge is 2.22. The molecule has 36 heavy (non-hydrogen) atoms.